The molecular weight excluding hydrogens is 380 g/mol. The highest BCUT2D eigenvalue weighted by Crippen LogP contribution is 2.24. The minimum absolute atomic E-state index is 0.213. The summed E-state index contributed by atoms with van der Waals surface area (Å²) in [6, 6.07) is 8.53. The molecule has 1 aromatic rings. The largest absolute Gasteiger partial charge is 0.497 e. The molecule has 2 N–H and O–H groups in total. The Morgan fingerprint density at radius 2 is 1.90 bits per heavy atom. The van der Waals surface area contributed by atoms with Gasteiger partial charge in [0.2, 0.25) is 0 Å². The van der Waals surface area contributed by atoms with E-state index in [-0.39, 0.29) is 6.04 Å². The van der Waals surface area contributed by atoms with Gasteiger partial charge in [-0.25, -0.2) is 0 Å². The van der Waals surface area contributed by atoms with Crippen LogP contribution in [0.15, 0.2) is 29.3 Å². The summed E-state index contributed by atoms with van der Waals surface area (Å²) >= 11 is 0. The fourth-order valence-corrected chi connectivity index (χ4v) is 3.37. The average Bonchev–Trinajstić information content (AvgIpc) is 2.77. The lowest BCUT2D eigenvalue weighted by Gasteiger charge is -2.34. The van der Waals surface area contributed by atoms with Crippen molar-refractivity contribution in [1.82, 2.24) is 15.5 Å². The third kappa shape index (κ3) is 8.90. The number of nitrogens with zero attached hydrogens (tertiary/aromatic N) is 2. The van der Waals surface area contributed by atoms with Crippen molar-refractivity contribution in [3.05, 3.63) is 29.8 Å². The highest BCUT2D eigenvalue weighted by atomic mass is 16.5. The zero-order chi connectivity index (χ0) is 21.6. The molecule has 7 heteroatoms. The summed E-state index contributed by atoms with van der Waals surface area (Å²) < 4.78 is 16.5. The van der Waals surface area contributed by atoms with Crippen molar-refractivity contribution in [3.63, 3.8) is 0 Å². The molecule has 1 aliphatic rings. The topological polar surface area (TPSA) is 67.4 Å². The Morgan fingerprint density at radius 3 is 2.53 bits per heavy atom. The van der Waals surface area contributed by atoms with Crippen LogP contribution in [0.1, 0.15) is 38.8 Å². The predicted molar refractivity (Wildman–Crippen MR) is 122 cm³/mol. The van der Waals surface area contributed by atoms with Crippen LogP contribution in [0.3, 0.4) is 0 Å². The standard InChI is InChI=1S/C23H40N4O3/c1-5-24-23(25-11-6-14-30-18-19(2)3)26-17-22(27-12-15-29-16-13-27)20-7-9-21(28-4)10-8-20/h7-10,19,22H,5-6,11-18H2,1-4H3,(H2,24,25,26). The minimum Gasteiger partial charge on any atom is -0.497 e. The van der Waals surface area contributed by atoms with Gasteiger partial charge in [-0.2, -0.15) is 0 Å². The molecule has 0 radical (unpaired) electrons. The maximum absolute atomic E-state index is 5.66. The van der Waals surface area contributed by atoms with Crippen molar-refractivity contribution in [2.24, 2.45) is 10.9 Å². The number of hydrogen-bond acceptors (Lipinski definition) is 5. The fourth-order valence-electron chi connectivity index (χ4n) is 3.37. The first-order chi connectivity index (χ1) is 14.6. The second kappa shape index (κ2) is 14.2. The molecule has 1 fully saturated rings. The van der Waals surface area contributed by atoms with E-state index in [9.17, 15) is 0 Å². The lowest BCUT2D eigenvalue weighted by atomic mass is 10.0. The maximum Gasteiger partial charge on any atom is 0.191 e. The van der Waals surface area contributed by atoms with Crippen molar-refractivity contribution < 1.29 is 14.2 Å². The van der Waals surface area contributed by atoms with E-state index in [0.29, 0.717) is 12.5 Å². The van der Waals surface area contributed by atoms with Crippen LogP contribution in [0.4, 0.5) is 0 Å². The fraction of sp³-hybridized carbons (Fsp3) is 0.696. The smallest absolute Gasteiger partial charge is 0.191 e. The molecule has 0 saturated carbocycles. The maximum atomic E-state index is 5.66. The van der Waals surface area contributed by atoms with Gasteiger partial charge < -0.3 is 24.8 Å². The second-order valence-corrected chi connectivity index (χ2v) is 7.91. The number of nitrogens with one attached hydrogen (secondary N) is 2. The molecular formula is C23H40N4O3. The lowest BCUT2D eigenvalue weighted by Crippen LogP contribution is -2.42. The van der Waals surface area contributed by atoms with Crippen molar-refractivity contribution in [1.29, 1.82) is 0 Å². The Morgan fingerprint density at radius 1 is 1.17 bits per heavy atom. The van der Waals surface area contributed by atoms with Crippen LogP contribution in [0.5, 0.6) is 5.75 Å². The summed E-state index contributed by atoms with van der Waals surface area (Å²) in [5, 5.41) is 6.79. The predicted octanol–water partition coefficient (Wildman–Crippen LogP) is 2.69. The second-order valence-electron chi connectivity index (χ2n) is 7.91. The zero-order valence-corrected chi connectivity index (χ0v) is 19.2. The number of methoxy groups -OCH3 is 1. The van der Waals surface area contributed by atoms with Gasteiger partial charge in [-0.3, -0.25) is 9.89 Å². The molecule has 0 aromatic heterocycles. The molecule has 0 amide bonds. The van der Waals surface area contributed by atoms with E-state index in [0.717, 1.165) is 70.7 Å². The van der Waals surface area contributed by atoms with Crippen LogP contribution < -0.4 is 15.4 Å². The van der Waals surface area contributed by atoms with Crippen molar-refractivity contribution >= 4 is 5.96 Å². The lowest BCUT2D eigenvalue weighted by molar-refractivity contribution is 0.0179. The number of aliphatic imine (C=N–C) groups is 1. The molecule has 0 spiro atoms. The van der Waals surface area contributed by atoms with Gasteiger partial charge >= 0.3 is 0 Å². The van der Waals surface area contributed by atoms with E-state index >= 15 is 0 Å². The first kappa shape index (κ1) is 24.4. The normalized spacial score (nSPS) is 16.5. The van der Waals surface area contributed by atoms with Gasteiger partial charge in [-0.1, -0.05) is 26.0 Å². The van der Waals surface area contributed by atoms with Crippen molar-refractivity contribution in [2.45, 2.75) is 33.2 Å². The SMILES string of the molecule is CCNC(=NCC(c1ccc(OC)cc1)N1CCOCC1)NCCCOCC(C)C. The molecule has 0 aliphatic carbocycles. The van der Waals surface area contributed by atoms with Crippen molar-refractivity contribution in [2.75, 3.05) is 66.3 Å². The number of rotatable bonds is 12. The molecule has 2 rings (SSSR count). The third-order valence-electron chi connectivity index (χ3n) is 4.96. The summed E-state index contributed by atoms with van der Waals surface area (Å²) in [7, 11) is 1.70. The van der Waals surface area contributed by atoms with Gasteiger partial charge in [0, 0.05) is 39.4 Å². The van der Waals surface area contributed by atoms with Crippen LogP contribution in [-0.2, 0) is 9.47 Å². The molecule has 7 nitrogen and oxygen atoms in total. The van der Waals surface area contributed by atoms with Crippen LogP contribution in [0, 0.1) is 5.92 Å². The number of morpholine rings is 1. The summed E-state index contributed by atoms with van der Waals surface area (Å²) in [5.74, 6) is 2.30. The first-order valence-corrected chi connectivity index (χ1v) is 11.2. The Labute approximate surface area is 182 Å². The van der Waals surface area contributed by atoms with Gasteiger partial charge in [0.25, 0.3) is 0 Å². The number of benzene rings is 1. The van der Waals surface area contributed by atoms with Gasteiger partial charge in [0.15, 0.2) is 5.96 Å². The number of ether oxygens (including phenoxy) is 3. The van der Waals surface area contributed by atoms with Crippen LogP contribution in [-0.4, -0.2) is 77.1 Å². The van der Waals surface area contributed by atoms with Crippen LogP contribution >= 0.6 is 0 Å². The Balaban J connectivity index is 1.96. The summed E-state index contributed by atoms with van der Waals surface area (Å²) in [5.41, 5.74) is 1.25. The summed E-state index contributed by atoms with van der Waals surface area (Å²) in [6.45, 7) is 13.8. The Hall–Kier alpha value is -1.83. The molecule has 1 saturated heterocycles. The highest BCUT2D eigenvalue weighted by molar-refractivity contribution is 5.79. The van der Waals surface area contributed by atoms with E-state index < -0.39 is 0 Å². The van der Waals surface area contributed by atoms with Gasteiger partial charge in [-0.15, -0.1) is 0 Å². The zero-order valence-electron chi connectivity index (χ0n) is 19.2. The summed E-state index contributed by atoms with van der Waals surface area (Å²) in [4.78, 5) is 7.35. The van der Waals surface area contributed by atoms with Crippen LogP contribution in [0.25, 0.3) is 0 Å². The summed E-state index contributed by atoms with van der Waals surface area (Å²) in [6.07, 6.45) is 0.961. The van der Waals surface area contributed by atoms with E-state index in [1.165, 1.54) is 5.56 Å². The van der Waals surface area contributed by atoms with E-state index in [2.05, 4.69) is 48.4 Å². The molecule has 1 atom stereocenters. The Kier molecular flexibility index (Phi) is 11.6. The van der Waals surface area contributed by atoms with E-state index in [1.807, 2.05) is 12.1 Å². The van der Waals surface area contributed by atoms with Crippen LogP contribution in [0.2, 0.25) is 0 Å². The Bertz CT molecular complexity index is 601. The minimum atomic E-state index is 0.213. The molecule has 1 heterocycles. The third-order valence-corrected chi connectivity index (χ3v) is 4.96. The quantitative estimate of drug-likeness (QED) is 0.308. The molecule has 1 aliphatic heterocycles. The molecule has 1 aromatic carbocycles. The van der Waals surface area contributed by atoms with Gasteiger partial charge in [0.05, 0.1) is 32.9 Å². The molecule has 1 unspecified atom stereocenters. The van der Waals surface area contributed by atoms with E-state index in [4.69, 9.17) is 19.2 Å². The van der Waals surface area contributed by atoms with Gasteiger partial charge in [-0.05, 0) is 37.0 Å². The molecule has 0 bridgehead atoms. The molecule has 30 heavy (non-hydrogen) atoms. The molecule has 170 valence electrons. The van der Waals surface area contributed by atoms with Gasteiger partial charge in [0.1, 0.15) is 5.75 Å². The first-order valence-electron chi connectivity index (χ1n) is 11.2. The van der Waals surface area contributed by atoms with Crippen molar-refractivity contribution in [3.8, 4) is 5.75 Å². The monoisotopic (exact) mass is 420 g/mol. The number of guanidine groups is 1. The average molecular weight is 421 g/mol. The van der Waals surface area contributed by atoms with E-state index in [1.54, 1.807) is 7.11 Å². The highest BCUT2D eigenvalue weighted by Gasteiger charge is 2.22. The number of hydrogen-bond donors (Lipinski definition) is 2.